The highest BCUT2D eigenvalue weighted by Gasteiger charge is 2.33. The molecule has 0 fully saturated rings. The van der Waals surface area contributed by atoms with E-state index in [1.54, 1.807) is 35.0 Å². The lowest BCUT2D eigenvalue weighted by Crippen LogP contribution is -2.27. The molecule has 0 bridgehead atoms. The first-order valence-corrected chi connectivity index (χ1v) is 6.40. The Morgan fingerprint density at radius 1 is 1.00 bits per heavy atom. The molecule has 2 aromatic rings. The van der Waals surface area contributed by atoms with E-state index in [-0.39, 0.29) is 0 Å². The van der Waals surface area contributed by atoms with Crippen LogP contribution in [0.4, 0.5) is 13.2 Å². The molecule has 1 atom stereocenters. The van der Waals surface area contributed by atoms with E-state index >= 15 is 0 Å². The van der Waals surface area contributed by atoms with Crippen LogP contribution in [0.25, 0.3) is 0 Å². The van der Waals surface area contributed by atoms with E-state index in [2.05, 4.69) is 5.43 Å². The second kappa shape index (κ2) is 5.61. The second-order valence-corrected chi connectivity index (χ2v) is 4.86. The molecule has 0 spiro atoms. The highest BCUT2D eigenvalue weighted by atomic mass is 19.4. The van der Waals surface area contributed by atoms with Crippen LogP contribution in [0.1, 0.15) is 29.4 Å². The molecular formula is C15H17F3N2. The standard InChI is InChI=1S/C15H17F3N2/c1-11-8-9-12(2)20(11)19-14(10-15(16,17)18)13-6-4-3-5-7-13/h3-9,14,19H,10H2,1-2H3. The monoisotopic (exact) mass is 282 g/mol. The number of hydrogen-bond donors (Lipinski definition) is 1. The summed E-state index contributed by atoms with van der Waals surface area (Å²) in [5.74, 6) is 0. The lowest BCUT2D eigenvalue weighted by Gasteiger charge is -2.24. The van der Waals surface area contributed by atoms with Gasteiger partial charge in [0.15, 0.2) is 0 Å². The number of nitrogens with zero attached hydrogens (tertiary/aromatic N) is 1. The van der Waals surface area contributed by atoms with E-state index in [1.165, 1.54) is 0 Å². The summed E-state index contributed by atoms with van der Waals surface area (Å²) in [6, 6.07) is 11.6. The molecule has 2 nitrogen and oxygen atoms in total. The zero-order valence-electron chi connectivity index (χ0n) is 11.4. The van der Waals surface area contributed by atoms with Crippen LogP contribution >= 0.6 is 0 Å². The van der Waals surface area contributed by atoms with Gasteiger partial charge in [0.1, 0.15) is 0 Å². The van der Waals surface area contributed by atoms with Crippen molar-refractivity contribution in [1.29, 1.82) is 0 Å². The van der Waals surface area contributed by atoms with Gasteiger partial charge in [-0.2, -0.15) is 13.2 Å². The number of rotatable bonds is 4. The first kappa shape index (κ1) is 14.5. The van der Waals surface area contributed by atoms with E-state index in [9.17, 15) is 13.2 Å². The number of alkyl halides is 3. The van der Waals surface area contributed by atoms with Crippen LogP contribution < -0.4 is 5.43 Å². The zero-order valence-corrected chi connectivity index (χ0v) is 11.4. The van der Waals surface area contributed by atoms with Crippen molar-refractivity contribution in [3.8, 4) is 0 Å². The first-order chi connectivity index (χ1) is 9.37. The van der Waals surface area contributed by atoms with Crippen molar-refractivity contribution in [2.45, 2.75) is 32.5 Å². The van der Waals surface area contributed by atoms with Gasteiger partial charge in [-0.25, -0.2) is 0 Å². The van der Waals surface area contributed by atoms with Crippen LogP contribution in [0.15, 0.2) is 42.5 Å². The van der Waals surface area contributed by atoms with E-state index in [1.807, 2.05) is 26.0 Å². The molecule has 0 amide bonds. The van der Waals surface area contributed by atoms with Gasteiger partial charge in [0.05, 0.1) is 12.5 Å². The summed E-state index contributed by atoms with van der Waals surface area (Å²) in [5.41, 5.74) is 5.35. The van der Waals surface area contributed by atoms with Crippen molar-refractivity contribution in [3.63, 3.8) is 0 Å². The van der Waals surface area contributed by atoms with Crippen molar-refractivity contribution >= 4 is 0 Å². The van der Waals surface area contributed by atoms with Crippen molar-refractivity contribution in [2.24, 2.45) is 0 Å². The molecule has 1 heterocycles. The molecule has 1 aromatic carbocycles. The summed E-state index contributed by atoms with van der Waals surface area (Å²) >= 11 is 0. The Balaban J connectivity index is 2.28. The number of nitrogens with one attached hydrogen (secondary N) is 1. The minimum absolute atomic E-state index is 0.623. The molecule has 0 radical (unpaired) electrons. The molecule has 1 unspecified atom stereocenters. The quantitative estimate of drug-likeness (QED) is 0.882. The van der Waals surface area contributed by atoms with Crippen LogP contribution in [0.2, 0.25) is 0 Å². The molecule has 108 valence electrons. The maximum atomic E-state index is 12.8. The number of hydrogen-bond acceptors (Lipinski definition) is 1. The second-order valence-electron chi connectivity index (χ2n) is 4.86. The largest absolute Gasteiger partial charge is 0.391 e. The zero-order chi connectivity index (χ0) is 14.8. The molecule has 0 aliphatic carbocycles. The molecule has 5 heteroatoms. The normalized spacial score (nSPS) is 13.2. The average molecular weight is 282 g/mol. The highest BCUT2D eigenvalue weighted by Crippen LogP contribution is 2.30. The first-order valence-electron chi connectivity index (χ1n) is 6.40. The van der Waals surface area contributed by atoms with Crippen LogP contribution in [-0.2, 0) is 0 Å². The summed E-state index contributed by atoms with van der Waals surface area (Å²) in [6.07, 6.45) is -5.13. The van der Waals surface area contributed by atoms with Crippen LogP contribution in [-0.4, -0.2) is 10.9 Å². The fraction of sp³-hybridized carbons (Fsp3) is 0.333. The van der Waals surface area contributed by atoms with Crippen molar-refractivity contribution in [2.75, 3.05) is 5.43 Å². The summed E-state index contributed by atoms with van der Waals surface area (Å²) in [7, 11) is 0. The topological polar surface area (TPSA) is 17.0 Å². The molecule has 0 aliphatic rings. The molecule has 20 heavy (non-hydrogen) atoms. The van der Waals surface area contributed by atoms with Gasteiger partial charge in [-0.05, 0) is 31.5 Å². The smallest absolute Gasteiger partial charge is 0.318 e. The lowest BCUT2D eigenvalue weighted by molar-refractivity contribution is -0.138. The van der Waals surface area contributed by atoms with Crippen molar-refractivity contribution < 1.29 is 13.2 Å². The minimum atomic E-state index is -4.22. The van der Waals surface area contributed by atoms with Gasteiger partial charge < -0.3 is 5.43 Å². The summed E-state index contributed by atoms with van der Waals surface area (Å²) < 4.78 is 40.0. The van der Waals surface area contributed by atoms with Crippen LogP contribution in [0, 0.1) is 13.8 Å². The number of aromatic nitrogens is 1. The van der Waals surface area contributed by atoms with Gasteiger partial charge in [0.25, 0.3) is 0 Å². The van der Waals surface area contributed by atoms with E-state index in [0.29, 0.717) is 5.56 Å². The van der Waals surface area contributed by atoms with Gasteiger partial charge in [-0.15, -0.1) is 0 Å². The van der Waals surface area contributed by atoms with Crippen molar-refractivity contribution in [3.05, 3.63) is 59.4 Å². The Kier molecular flexibility index (Phi) is 4.06. The van der Waals surface area contributed by atoms with Gasteiger partial charge in [0.2, 0.25) is 0 Å². The molecule has 0 saturated carbocycles. The van der Waals surface area contributed by atoms with E-state index < -0.39 is 18.6 Å². The predicted octanol–water partition coefficient (Wildman–Crippen LogP) is 4.34. The molecule has 1 N–H and O–H groups in total. The molecule has 1 aromatic heterocycles. The van der Waals surface area contributed by atoms with Crippen molar-refractivity contribution in [1.82, 2.24) is 4.68 Å². The maximum absolute atomic E-state index is 12.8. The third kappa shape index (κ3) is 3.56. The molecule has 0 saturated heterocycles. The lowest BCUT2D eigenvalue weighted by atomic mass is 10.0. The van der Waals surface area contributed by atoms with Crippen LogP contribution in [0.5, 0.6) is 0 Å². The van der Waals surface area contributed by atoms with Gasteiger partial charge in [0, 0.05) is 11.4 Å². The Morgan fingerprint density at radius 2 is 1.55 bits per heavy atom. The SMILES string of the molecule is Cc1ccc(C)n1NC(CC(F)(F)F)c1ccccc1. The maximum Gasteiger partial charge on any atom is 0.391 e. The molecule has 0 aliphatic heterocycles. The summed E-state index contributed by atoms with van der Waals surface area (Å²) in [6.45, 7) is 3.71. The fourth-order valence-electron chi connectivity index (χ4n) is 2.18. The Morgan fingerprint density at radius 3 is 2.05 bits per heavy atom. The van der Waals surface area contributed by atoms with Gasteiger partial charge in [-0.1, -0.05) is 30.3 Å². The third-order valence-electron chi connectivity index (χ3n) is 3.19. The van der Waals surface area contributed by atoms with Gasteiger partial charge in [-0.3, -0.25) is 4.68 Å². The van der Waals surface area contributed by atoms with E-state index in [0.717, 1.165) is 11.4 Å². The van der Waals surface area contributed by atoms with Crippen LogP contribution in [0.3, 0.4) is 0 Å². The Labute approximate surface area is 116 Å². The Hall–Kier alpha value is -1.91. The fourth-order valence-corrected chi connectivity index (χ4v) is 2.18. The summed E-state index contributed by atoms with van der Waals surface area (Å²) in [4.78, 5) is 0. The Bertz CT molecular complexity index is 539. The number of halogens is 3. The van der Waals surface area contributed by atoms with Gasteiger partial charge >= 0.3 is 6.18 Å². The average Bonchev–Trinajstić information content (AvgIpc) is 2.69. The third-order valence-corrected chi connectivity index (χ3v) is 3.19. The molecule has 2 rings (SSSR count). The predicted molar refractivity (Wildman–Crippen MR) is 73.1 cm³/mol. The highest BCUT2D eigenvalue weighted by molar-refractivity contribution is 5.24. The number of benzene rings is 1. The minimum Gasteiger partial charge on any atom is -0.318 e. The summed E-state index contributed by atoms with van der Waals surface area (Å²) in [5, 5.41) is 0. The van der Waals surface area contributed by atoms with E-state index in [4.69, 9.17) is 0 Å². The molecular weight excluding hydrogens is 265 g/mol. The number of aryl methyl sites for hydroxylation is 2.